The van der Waals surface area contributed by atoms with Crippen LogP contribution in [0.5, 0.6) is 0 Å². The monoisotopic (exact) mass is 266 g/mol. The zero-order chi connectivity index (χ0) is 13.0. The molecule has 0 bridgehead atoms. The Hall–Kier alpha value is -0.870. The summed E-state index contributed by atoms with van der Waals surface area (Å²) in [7, 11) is 0. The van der Waals surface area contributed by atoms with Crippen LogP contribution in [0, 0.1) is 6.92 Å². The van der Waals surface area contributed by atoms with Gasteiger partial charge in [-0.05, 0) is 55.0 Å². The fourth-order valence-corrected chi connectivity index (χ4v) is 3.16. The molecule has 1 aromatic rings. The van der Waals surface area contributed by atoms with E-state index in [2.05, 4.69) is 23.0 Å². The molecule has 1 unspecified atom stereocenters. The quantitative estimate of drug-likeness (QED) is 0.908. The second-order valence-corrected chi connectivity index (χ2v) is 5.81. The van der Waals surface area contributed by atoms with Gasteiger partial charge < -0.3 is 10.2 Å². The van der Waals surface area contributed by atoms with Crippen LogP contribution in [0.3, 0.4) is 0 Å². The van der Waals surface area contributed by atoms with E-state index in [-0.39, 0.29) is 11.9 Å². The fraction of sp³-hybridized carbons (Fsp3) is 0.643. The number of carbonyl (C=O) groups is 1. The number of hydrogen-bond donors (Lipinski definition) is 1. The summed E-state index contributed by atoms with van der Waals surface area (Å²) in [5.41, 5.74) is 2.61. The Morgan fingerprint density at radius 2 is 2.11 bits per heavy atom. The van der Waals surface area contributed by atoms with Gasteiger partial charge >= 0.3 is 0 Å². The number of carbonyl (C=O) groups excluding carboxylic acids is 1. The molecule has 18 heavy (non-hydrogen) atoms. The van der Waals surface area contributed by atoms with Crippen LogP contribution in [0.1, 0.15) is 37.3 Å². The molecule has 1 N–H and O–H groups in total. The summed E-state index contributed by atoms with van der Waals surface area (Å²) in [6.07, 6.45) is 3.57. The molecule has 0 aliphatic carbocycles. The first-order chi connectivity index (χ1) is 8.68. The van der Waals surface area contributed by atoms with Gasteiger partial charge in [0.15, 0.2) is 0 Å². The average molecular weight is 266 g/mol. The molecule has 2 rings (SSSR count). The molecule has 1 atom stereocenters. The lowest BCUT2D eigenvalue weighted by molar-refractivity contribution is -0.133. The van der Waals surface area contributed by atoms with E-state index in [1.165, 1.54) is 17.5 Å². The number of hydrogen-bond acceptors (Lipinski definition) is 3. The number of amides is 1. The van der Waals surface area contributed by atoms with Gasteiger partial charge in [0.25, 0.3) is 0 Å². The first-order valence-electron chi connectivity index (χ1n) is 6.72. The standard InChI is InChI=1S/C14H22N2OS/c1-11-9-18-10-13(11)8-15-12(2)14(17)16-6-4-3-5-7-16/h9-10,12,15H,3-8H2,1-2H3. The first kappa shape index (κ1) is 13.6. The Morgan fingerprint density at radius 3 is 2.72 bits per heavy atom. The highest BCUT2D eigenvalue weighted by Crippen LogP contribution is 2.14. The predicted molar refractivity (Wildman–Crippen MR) is 75.8 cm³/mol. The third kappa shape index (κ3) is 3.33. The van der Waals surface area contributed by atoms with Gasteiger partial charge in [0.1, 0.15) is 0 Å². The third-order valence-electron chi connectivity index (χ3n) is 3.60. The van der Waals surface area contributed by atoms with Crippen molar-refractivity contribution >= 4 is 17.2 Å². The first-order valence-corrected chi connectivity index (χ1v) is 7.66. The lowest BCUT2D eigenvalue weighted by Gasteiger charge is -2.29. The van der Waals surface area contributed by atoms with E-state index < -0.39 is 0 Å². The number of thiophene rings is 1. The minimum atomic E-state index is -0.0811. The normalized spacial score (nSPS) is 17.8. The Labute approximate surface area is 113 Å². The molecule has 1 fully saturated rings. The van der Waals surface area contributed by atoms with Gasteiger partial charge in [0.05, 0.1) is 6.04 Å². The third-order valence-corrected chi connectivity index (χ3v) is 4.51. The number of piperidine rings is 1. The molecular weight excluding hydrogens is 244 g/mol. The largest absolute Gasteiger partial charge is 0.341 e. The molecule has 1 aliphatic rings. The smallest absolute Gasteiger partial charge is 0.239 e. The zero-order valence-electron chi connectivity index (χ0n) is 11.2. The maximum absolute atomic E-state index is 12.2. The molecule has 1 amide bonds. The molecule has 0 spiro atoms. The fourth-order valence-electron chi connectivity index (χ4n) is 2.31. The summed E-state index contributed by atoms with van der Waals surface area (Å²) in [6.45, 7) is 6.74. The second kappa shape index (κ2) is 6.34. The Balaban J connectivity index is 1.82. The molecule has 1 aromatic heterocycles. The highest BCUT2D eigenvalue weighted by Gasteiger charge is 2.21. The minimum absolute atomic E-state index is 0.0811. The van der Waals surface area contributed by atoms with Gasteiger partial charge in [0.2, 0.25) is 5.91 Å². The molecule has 0 saturated carbocycles. The Bertz CT molecular complexity index is 396. The molecule has 1 aliphatic heterocycles. The molecule has 100 valence electrons. The number of nitrogens with one attached hydrogen (secondary N) is 1. The van der Waals surface area contributed by atoms with Gasteiger partial charge in [-0.3, -0.25) is 4.79 Å². The molecule has 3 nitrogen and oxygen atoms in total. The summed E-state index contributed by atoms with van der Waals surface area (Å²) in [6, 6.07) is -0.0811. The van der Waals surface area contributed by atoms with Crippen molar-refractivity contribution in [2.24, 2.45) is 0 Å². The van der Waals surface area contributed by atoms with Crippen LogP contribution in [-0.2, 0) is 11.3 Å². The van der Waals surface area contributed by atoms with Gasteiger partial charge in [-0.2, -0.15) is 11.3 Å². The number of nitrogens with zero attached hydrogens (tertiary/aromatic N) is 1. The Morgan fingerprint density at radius 1 is 1.39 bits per heavy atom. The molecule has 4 heteroatoms. The predicted octanol–water partition coefficient (Wildman–Crippen LogP) is 2.55. The van der Waals surface area contributed by atoms with Crippen LogP contribution in [-0.4, -0.2) is 29.9 Å². The topological polar surface area (TPSA) is 32.3 Å². The molecular formula is C14H22N2OS. The summed E-state index contributed by atoms with van der Waals surface area (Å²) in [5.74, 6) is 0.252. The van der Waals surface area contributed by atoms with Crippen LogP contribution in [0.4, 0.5) is 0 Å². The summed E-state index contributed by atoms with van der Waals surface area (Å²) in [5, 5.41) is 7.64. The molecule has 1 saturated heterocycles. The SMILES string of the molecule is Cc1cscc1CNC(C)C(=O)N1CCCCC1. The van der Waals surface area contributed by atoms with Gasteiger partial charge in [-0.15, -0.1) is 0 Å². The number of likely N-dealkylation sites (tertiary alicyclic amines) is 1. The van der Waals surface area contributed by atoms with Gasteiger partial charge in [0, 0.05) is 19.6 Å². The van der Waals surface area contributed by atoms with Gasteiger partial charge in [-0.25, -0.2) is 0 Å². The van der Waals surface area contributed by atoms with Crippen molar-refractivity contribution in [3.8, 4) is 0 Å². The van der Waals surface area contributed by atoms with Crippen molar-refractivity contribution in [2.75, 3.05) is 13.1 Å². The summed E-state index contributed by atoms with van der Waals surface area (Å²) in [4.78, 5) is 14.2. The Kier molecular flexibility index (Phi) is 4.78. The van der Waals surface area contributed by atoms with Crippen molar-refractivity contribution in [2.45, 2.75) is 45.7 Å². The van der Waals surface area contributed by atoms with Crippen molar-refractivity contribution < 1.29 is 4.79 Å². The van der Waals surface area contributed by atoms with Crippen LogP contribution in [0.25, 0.3) is 0 Å². The van der Waals surface area contributed by atoms with Crippen LogP contribution >= 0.6 is 11.3 Å². The highest BCUT2D eigenvalue weighted by atomic mass is 32.1. The van der Waals surface area contributed by atoms with E-state index >= 15 is 0 Å². The lowest BCUT2D eigenvalue weighted by Crippen LogP contribution is -2.46. The van der Waals surface area contributed by atoms with Crippen LogP contribution < -0.4 is 5.32 Å². The van der Waals surface area contributed by atoms with Crippen LogP contribution in [0.2, 0.25) is 0 Å². The van der Waals surface area contributed by atoms with E-state index in [0.717, 1.165) is 32.5 Å². The average Bonchev–Trinajstić information content (AvgIpc) is 2.81. The van der Waals surface area contributed by atoms with E-state index in [4.69, 9.17) is 0 Å². The molecule has 0 radical (unpaired) electrons. The minimum Gasteiger partial charge on any atom is -0.341 e. The van der Waals surface area contributed by atoms with Crippen molar-refractivity contribution in [1.29, 1.82) is 0 Å². The highest BCUT2D eigenvalue weighted by molar-refractivity contribution is 7.08. The second-order valence-electron chi connectivity index (χ2n) is 5.07. The maximum atomic E-state index is 12.2. The summed E-state index contributed by atoms with van der Waals surface area (Å²) < 4.78 is 0. The van der Waals surface area contributed by atoms with E-state index in [9.17, 15) is 4.79 Å². The van der Waals surface area contributed by atoms with Crippen molar-refractivity contribution in [1.82, 2.24) is 10.2 Å². The van der Waals surface area contributed by atoms with Crippen molar-refractivity contribution in [3.63, 3.8) is 0 Å². The van der Waals surface area contributed by atoms with Crippen LogP contribution in [0.15, 0.2) is 10.8 Å². The molecule has 0 aromatic carbocycles. The zero-order valence-corrected chi connectivity index (χ0v) is 12.1. The van der Waals surface area contributed by atoms with E-state index in [1.54, 1.807) is 11.3 Å². The van der Waals surface area contributed by atoms with Gasteiger partial charge in [-0.1, -0.05) is 0 Å². The molecule has 2 heterocycles. The van der Waals surface area contributed by atoms with E-state index in [1.807, 2.05) is 11.8 Å². The van der Waals surface area contributed by atoms with E-state index in [0.29, 0.717) is 0 Å². The number of aryl methyl sites for hydroxylation is 1. The summed E-state index contributed by atoms with van der Waals surface area (Å²) >= 11 is 1.72. The maximum Gasteiger partial charge on any atom is 0.239 e. The lowest BCUT2D eigenvalue weighted by atomic mass is 10.1. The number of rotatable bonds is 4. The van der Waals surface area contributed by atoms with Crippen molar-refractivity contribution in [3.05, 3.63) is 21.9 Å².